The van der Waals surface area contributed by atoms with E-state index in [1.807, 2.05) is 18.2 Å². The lowest BCUT2D eigenvalue weighted by Crippen LogP contribution is -2.14. The molecule has 0 aliphatic heterocycles. The predicted molar refractivity (Wildman–Crippen MR) is 61.3 cm³/mol. The molecular weight excluding hydrogens is 264 g/mol. The molecule has 1 atom stereocenters. The highest BCUT2D eigenvalue weighted by molar-refractivity contribution is 9.10. The summed E-state index contributed by atoms with van der Waals surface area (Å²) in [6.07, 6.45) is 0. The Balaban J connectivity index is 2.61. The van der Waals surface area contributed by atoms with Gasteiger partial charge in [0.05, 0.1) is 23.0 Å². The van der Waals surface area contributed by atoms with E-state index in [1.54, 1.807) is 0 Å². The van der Waals surface area contributed by atoms with Crippen molar-refractivity contribution >= 4 is 37.5 Å². The average molecular weight is 273 g/mol. The molecule has 14 heavy (non-hydrogen) atoms. The first-order valence-electron chi connectivity index (χ1n) is 4.13. The molecule has 0 amide bonds. The fraction of sp³-hybridized carbons (Fsp3) is 0.222. The highest BCUT2D eigenvalue weighted by Gasteiger charge is 2.12. The van der Waals surface area contributed by atoms with E-state index in [9.17, 15) is 0 Å². The zero-order valence-electron chi connectivity index (χ0n) is 7.27. The van der Waals surface area contributed by atoms with Crippen LogP contribution in [0.4, 0.5) is 0 Å². The molecule has 0 saturated carbocycles. The van der Waals surface area contributed by atoms with Crippen LogP contribution >= 0.6 is 27.5 Å². The molecule has 3 nitrogen and oxygen atoms in total. The van der Waals surface area contributed by atoms with Crippen LogP contribution in [0.25, 0.3) is 10.1 Å². The van der Waals surface area contributed by atoms with E-state index in [0.717, 1.165) is 20.3 Å². The van der Waals surface area contributed by atoms with Gasteiger partial charge in [-0.3, -0.25) is 0 Å². The quantitative estimate of drug-likeness (QED) is 0.880. The summed E-state index contributed by atoms with van der Waals surface area (Å²) >= 11 is 4.80. The van der Waals surface area contributed by atoms with Crippen molar-refractivity contribution in [1.82, 2.24) is 4.37 Å². The maximum atomic E-state index is 8.96. The Morgan fingerprint density at radius 1 is 1.57 bits per heavy atom. The predicted octanol–water partition coefficient (Wildman–Crippen LogP) is 2.05. The second-order valence-corrected chi connectivity index (χ2v) is 4.72. The average Bonchev–Trinajstić information content (AvgIpc) is 2.59. The maximum absolute atomic E-state index is 8.96. The van der Waals surface area contributed by atoms with E-state index >= 15 is 0 Å². The fourth-order valence-electron chi connectivity index (χ4n) is 1.28. The van der Waals surface area contributed by atoms with Gasteiger partial charge in [0.2, 0.25) is 0 Å². The molecule has 0 saturated heterocycles. The van der Waals surface area contributed by atoms with Gasteiger partial charge in [0.25, 0.3) is 0 Å². The molecule has 0 spiro atoms. The molecule has 2 aromatic rings. The van der Waals surface area contributed by atoms with Crippen molar-refractivity contribution in [3.05, 3.63) is 28.4 Å². The van der Waals surface area contributed by atoms with Gasteiger partial charge in [-0.05, 0) is 29.7 Å². The van der Waals surface area contributed by atoms with E-state index < -0.39 is 6.04 Å². The Morgan fingerprint density at radius 2 is 2.36 bits per heavy atom. The Hall–Kier alpha value is -0.490. The van der Waals surface area contributed by atoms with Crippen LogP contribution in [-0.4, -0.2) is 16.1 Å². The third kappa shape index (κ3) is 1.68. The largest absolute Gasteiger partial charge is 0.394 e. The molecule has 0 aliphatic rings. The highest BCUT2D eigenvalue weighted by atomic mass is 79.9. The third-order valence-corrected chi connectivity index (χ3v) is 3.34. The van der Waals surface area contributed by atoms with Gasteiger partial charge in [-0.1, -0.05) is 15.9 Å². The van der Waals surface area contributed by atoms with Crippen LogP contribution in [0.5, 0.6) is 0 Å². The zero-order chi connectivity index (χ0) is 10.1. The van der Waals surface area contributed by atoms with Crippen LogP contribution in [0.15, 0.2) is 22.7 Å². The van der Waals surface area contributed by atoms with Gasteiger partial charge in [-0.15, -0.1) is 0 Å². The minimum Gasteiger partial charge on any atom is -0.394 e. The summed E-state index contributed by atoms with van der Waals surface area (Å²) in [5.74, 6) is 0. The normalized spacial score (nSPS) is 13.4. The number of hydrogen-bond donors (Lipinski definition) is 2. The maximum Gasteiger partial charge on any atom is 0.0811 e. The molecule has 0 bridgehead atoms. The number of nitrogens with two attached hydrogens (primary N) is 1. The van der Waals surface area contributed by atoms with Crippen molar-refractivity contribution in [2.75, 3.05) is 6.61 Å². The van der Waals surface area contributed by atoms with Gasteiger partial charge >= 0.3 is 0 Å². The highest BCUT2D eigenvalue weighted by Crippen LogP contribution is 2.28. The minimum atomic E-state index is -0.391. The van der Waals surface area contributed by atoms with Crippen LogP contribution in [0.2, 0.25) is 0 Å². The van der Waals surface area contributed by atoms with Crippen molar-refractivity contribution in [3.8, 4) is 0 Å². The molecule has 3 N–H and O–H groups in total. The topological polar surface area (TPSA) is 59.1 Å². The summed E-state index contributed by atoms with van der Waals surface area (Å²) in [4.78, 5) is 0. The molecule has 0 radical (unpaired) electrons. The molecule has 0 aliphatic carbocycles. The van der Waals surface area contributed by atoms with Crippen LogP contribution in [0.1, 0.15) is 11.7 Å². The van der Waals surface area contributed by atoms with Gasteiger partial charge in [0.15, 0.2) is 0 Å². The number of benzene rings is 1. The summed E-state index contributed by atoms with van der Waals surface area (Å²) in [7, 11) is 0. The second kappa shape index (κ2) is 3.94. The standard InChI is InChI=1S/C9H9BrN2OS/c10-5-1-2-8-6(3-5)9(12-14-8)7(11)4-13/h1-3,7,13H,4,11H2. The summed E-state index contributed by atoms with van der Waals surface area (Å²) in [6.45, 7) is -0.0780. The monoisotopic (exact) mass is 272 g/mol. The lowest BCUT2D eigenvalue weighted by atomic mass is 10.1. The van der Waals surface area contributed by atoms with E-state index in [4.69, 9.17) is 10.8 Å². The first kappa shape index (κ1) is 10.0. The van der Waals surface area contributed by atoms with Crippen molar-refractivity contribution in [2.24, 2.45) is 5.73 Å². The third-order valence-electron chi connectivity index (χ3n) is 2.01. The first-order chi connectivity index (χ1) is 6.72. The van der Waals surface area contributed by atoms with E-state index in [1.165, 1.54) is 11.5 Å². The Morgan fingerprint density at radius 3 is 3.07 bits per heavy atom. The second-order valence-electron chi connectivity index (χ2n) is 3.00. The van der Waals surface area contributed by atoms with Gasteiger partial charge in [-0.2, -0.15) is 4.37 Å². The minimum absolute atomic E-state index is 0.0780. The van der Waals surface area contributed by atoms with Crippen molar-refractivity contribution in [3.63, 3.8) is 0 Å². The van der Waals surface area contributed by atoms with Crippen molar-refractivity contribution in [1.29, 1.82) is 0 Å². The smallest absolute Gasteiger partial charge is 0.0811 e. The lowest BCUT2D eigenvalue weighted by Gasteiger charge is -2.04. The molecule has 1 aromatic heterocycles. The summed E-state index contributed by atoms with van der Waals surface area (Å²) in [5, 5.41) is 9.98. The molecule has 0 fully saturated rings. The number of halogens is 1. The van der Waals surface area contributed by atoms with Gasteiger partial charge in [0.1, 0.15) is 0 Å². The number of aromatic nitrogens is 1. The zero-order valence-corrected chi connectivity index (χ0v) is 9.68. The summed E-state index contributed by atoms with van der Waals surface area (Å²) in [5.41, 5.74) is 6.51. The number of aliphatic hydroxyl groups excluding tert-OH is 1. The van der Waals surface area contributed by atoms with Gasteiger partial charge < -0.3 is 10.8 Å². The van der Waals surface area contributed by atoms with Gasteiger partial charge in [0, 0.05) is 9.86 Å². The molecule has 1 unspecified atom stereocenters. The van der Waals surface area contributed by atoms with Crippen LogP contribution < -0.4 is 5.73 Å². The van der Waals surface area contributed by atoms with Gasteiger partial charge in [-0.25, -0.2) is 0 Å². The molecule has 1 heterocycles. The SMILES string of the molecule is NC(CO)c1nsc2ccc(Br)cc12. The Kier molecular flexibility index (Phi) is 2.83. The van der Waals surface area contributed by atoms with Crippen molar-refractivity contribution in [2.45, 2.75) is 6.04 Å². The lowest BCUT2D eigenvalue weighted by molar-refractivity contribution is 0.267. The molecule has 1 aromatic carbocycles. The Labute approximate surface area is 93.8 Å². The van der Waals surface area contributed by atoms with E-state index in [0.29, 0.717) is 0 Å². The molecule has 5 heteroatoms. The van der Waals surface area contributed by atoms with Crippen LogP contribution in [-0.2, 0) is 0 Å². The fourth-order valence-corrected chi connectivity index (χ4v) is 2.47. The summed E-state index contributed by atoms with van der Waals surface area (Å²) in [6, 6.07) is 5.54. The van der Waals surface area contributed by atoms with Crippen molar-refractivity contribution < 1.29 is 5.11 Å². The van der Waals surface area contributed by atoms with Crippen LogP contribution in [0.3, 0.4) is 0 Å². The number of fused-ring (bicyclic) bond motifs is 1. The number of nitrogens with zero attached hydrogens (tertiary/aromatic N) is 1. The van der Waals surface area contributed by atoms with E-state index in [-0.39, 0.29) is 6.61 Å². The summed E-state index contributed by atoms with van der Waals surface area (Å²) < 4.78 is 6.33. The molecule has 74 valence electrons. The number of aliphatic hydroxyl groups is 1. The number of hydrogen-bond acceptors (Lipinski definition) is 4. The molecular formula is C9H9BrN2OS. The first-order valence-corrected chi connectivity index (χ1v) is 5.70. The molecule has 2 rings (SSSR count). The Bertz CT molecular complexity index is 457. The van der Waals surface area contributed by atoms with E-state index in [2.05, 4.69) is 20.3 Å². The number of rotatable bonds is 2. The van der Waals surface area contributed by atoms with Crippen LogP contribution in [0, 0.1) is 0 Å².